The van der Waals surface area contributed by atoms with Gasteiger partial charge in [-0.05, 0) is 107 Å². The lowest BCUT2D eigenvalue weighted by atomic mass is 10.1. The van der Waals surface area contributed by atoms with Gasteiger partial charge in [-0.15, -0.1) is 0 Å². The van der Waals surface area contributed by atoms with Gasteiger partial charge >= 0.3 is 35.8 Å². The number of hydrogen-bond acceptors (Lipinski definition) is 12. The summed E-state index contributed by atoms with van der Waals surface area (Å²) in [5.74, 6) is -2.67. The first-order valence-electron chi connectivity index (χ1n) is 16.1. The predicted octanol–water partition coefficient (Wildman–Crippen LogP) is 6.79. The number of aryl methyl sites for hydroxylation is 1. The molecule has 0 radical (unpaired) electrons. The van der Waals surface area contributed by atoms with Gasteiger partial charge in [0.05, 0.1) is 17.7 Å². The summed E-state index contributed by atoms with van der Waals surface area (Å²) in [7, 11) is 0. The first-order valence-corrected chi connectivity index (χ1v) is 16.1. The lowest BCUT2D eigenvalue weighted by molar-refractivity contribution is -0.150. The van der Waals surface area contributed by atoms with Gasteiger partial charge in [0.15, 0.2) is 6.61 Å². The van der Waals surface area contributed by atoms with Crippen molar-refractivity contribution in [2.45, 2.75) is 19.8 Å². The van der Waals surface area contributed by atoms with E-state index in [4.69, 9.17) is 23.7 Å². The predicted molar refractivity (Wildman–Crippen MR) is 192 cm³/mol. The van der Waals surface area contributed by atoms with E-state index in [1.807, 2.05) is 0 Å². The number of esters is 6. The van der Waals surface area contributed by atoms with Gasteiger partial charge in [-0.2, -0.15) is 0 Å². The highest BCUT2D eigenvalue weighted by atomic mass is 16.6. The summed E-state index contributed by atoms with van der Waals surface area (Å²) in [6.45, 7) is 7.79. The van der Waals surface area contributed by atoms with Crippen LogP contribution in [0.15, 0.2) is 116 Å². The zero-order chi connectivity index (χ0) is 37.9. The molecule has 5 aromatic rings. The minimum Gasteiger partial charge on any atom is -0.463 e. The second-order valence-corrected chi connectivity index (χ2v) is 11.4. The smallest absolute Gasteiger partial charge is 0.349 e. The number of fused-ring (bicyclic) bond motifs is 2. The molecular formula is C41H32O12. The van der Waals surface area contributed by atoms with E-state index in [-0.39, 0.29) is 35.8 Å². The number of ether oxygens (including phenoxy) is 6. The highest BCUT2D eigenvalue weighted by Crippen LogP contribution is 2.28. The Balaban J connectivity index is 1.15. The summed E-state index contributed by atoms with van der Waals surface area (Å²) >= 11 is 0. The molecule has 53 heavy (non-hydrogen) atoms. The average molecular weight is 717 g/mol. The lowest BCUT2D eigenvalue weighted by Crippen LogP contribution is -2.17. The van der Waals surface area contributed by atoms with Gasteiger partial charge in [0.1, 0.15) is 23.0 Å². The normalized spacial score (nSPS) is 10.5. The molecule has 0 atom stereocenters. The fraction of sp³-hybridized carbons (Fsp3) is 0.122. The zero-order valence-electron chi connectivity index (χ0n) is 28.5. The monoisotopic (exact) mass is 716 g/mol. The second-order valence-electron chi connectivity index (χ2n) is 11.4. The molecule has 0 aliphatic rings. The Hall–Kier alpha value is -7.08. The molecule has 0 amide bonds. The first-order chi connectivity index (χ1) is 25.5. The van der Waals surface area contributed by atoms with E-state index in [1.165, 1.54) is 12.1 Å². The van der Waals surface area contributed by atoms with E-state index in [9.17, 15) is 28.8 Å². The molecule has 0 spiro atoms. The van der Waals surface area contributed by atoms with Crippen LogP contribution >= 0.6 is 0 Å². The third kappa shape index (κ3) is 10.2. The van der Waals surface area contributed by atoms with E-state index in [0.717, 1.165) is 22.9 Å². The fourth-order valence-electron chi connectivity index (χ4n) is 4.93. The van der Waals surface area contributed by atoms with Crippen molar-refractivity contribution in [3.8, 4) is 23.0 Å². The molecule has 0 aliphatic carbocycles. The molecule has 268 valence electrons. The van der Waals surface area contributed by atoms with Gasteiger partial charge < -0.3 is 28.4 Å². The van der Waals surface area contributed by atoms with Crippen LogP contribution in [0.4, 0.5) is 0 Å². The van der Waals surface area contributed by atoms with Crippen LogP contribution in [0.5, 0.6) is 23.0 Å². The van der Waals surface area contributed by atoms with Crippen LogP contribution in [0.25, 0.3) is 21.5 Å². The van der Waals surface area contributed by atoms with E-state index in [0.29, 0.717) is 34.1 Å². The SMILES string of the molecule is C=CC(=O)OCCCC(=O)Oc1ccc2cc(C(=O)Oc3ccc(OC(=O)c4ccc5cc(OC(=O)COC(=O)C=C)ccc5c4)cc3C)ccc2c1. The molecule has 0 saturated carbocycles. The van der Waals surface area contributed by atoms with Crippen molar-refractivity contribution >= 4 is 57.4 Å². The maximum atomic E-state index is 13.0. The molecule has 0 aromatic heterocycles. The Morgan fingerprint density at radius 2 is 1.04 bits per heavy atom. The van der Waals surface area contributed by atoms with E-state index < -0.39 is 42.4 Å². The number of hydrogen-bond donors (Lipinski definition) is 0. The highest BCUT2D eigenvalue weighted by molar-refractivity contribution is 5.98. The van der Waals surface area contributed by atoms with Crippen LogP contribution < -0.4 is 18.9 Å². The third-order valence-electron chi connectivity index (χ3n) is 7.55. The Labute approximate surface area is 303 Å². The van der Waals surface area contributed by atoms with E-state index in [1.54, 1.807) is 85.8 Å². The van der Waals surface area contributed by atoms with Crippen molar-refractivity contribution < 1.29 is 57.2 Å². The van der Waals surface area contributed by atoms with Crippen LogP contribution in [0, 0.1) is 6.92 Å². The summed E-state index contributed by atoms with van der Waals surface area (Å²) in [4.78, 5) is 72.3. The largest absolute Gasteiger partial charge is 0.463 e. The molecule has 12 nitrogen and oxygen atoms in total. The molecule has 0 saturated heterocycles. The van der Waals surface area contributed by atoms with Crippen LogP contribution in [0.3, 0.4) is 0 Å². The van der Waals surface area contributed by atoms with Crippen molar-refractivity contribution in [3.05, 3.63) is 133 Å². The molecule has 5 rings (SSSR count). The van der Waals surface area contributed by atoms with E-state index >= 15 is 0 Å². The third-order valence-corrected chi connectivity index (χ3v) is 7.55. The maximum absolute atomic E-state index is 13.0. The molecule has 0 fully saturated rings. The number of benzene rings is 5. The average Bonchev–Trinajstić information content (AvgIpc) is 3.15. The van der Waals surface area contributed by atoms with Crippen LogP contribution in [0.2, 0.25) is 0 Å². The molecule has 0 heterocycles. The number of rotatable bonds is 14. The van der Waals surface area contributed by atoms with Crippen LogP contribution in [0.1, 0.15) is 39.1 Å². The second kappa shape index (κ2) is 17.2. The van der Waals surface area contributed by atoms with Gasteiger partial charge in [-0.3, -0.25) is 4.79 Å². The Morgan fingerprint density at radius 1 is 0.547 bits per heavy atom. The topological polar surface area (TPSA) is 158 Å². The molecule has 12 heteroatoms. The molecule has 5 aromatic carbocycles. The van der Waals surface area contributed by atoms with Crippen molar-refractivity contribution in [2.24, 2.45) is 0 Å². The number of carbonyl (C=O) groups is 6. The molecule has 0 aliphatic heterocycles. The first kappa shape index (κ1) is 37.2. The fourth-order valence-corrected chi connectivity index (χ4v) is 4.93. The standard InChI is InChI=1S/C41H32O12/c1-4-36(42)48-18-6-7-38(44)50-33-14-12-27-21-31(11-9-28(27)22-33)41(47)53-35-17-16-32(19-25(35)3)52-40(46)30-10-8-29-23-34(15-13-26(29)20-30)51-39(45)24-49-37(43)5-2/h4-5,8-17,19-23H,1-2,6-7,18,24H2,3H3. The minimum absolute atomic E-state index is 0.0608. The summed E-state index contributed by atoms with van der Waals surface area (Å²) in [6.07, 6.45) is 2.36. The molecule has 0 N–H and O–H groups in total. The maximum Gasteiger partial charge on any atom is 0.349 e. The van der Waals surface area contributed by atoms with E-state index in [2.05, 4.69) is 17.9 Å². The van der Waals surface area contributed by atoms with Gasteiger partial charge in [0.2, 0.25) is 0 Å². The van der Waals surface area contributed by atoms with Crippen LogP contribution in [-0.4, -0.2) is 49.0 Å². The van der Waals surface area contributed by atoms with Crippen LogP contribution in [-0.2, 0) is 28.7 Å². The van der Waals surface area contributed by atoms with Gasteiger partial charge in [0, 0.05) is 18.6 Å². The van der Waals surface area contributed by atoms with Crippen molar-refractivity contribution in [3.63, 3.8) is 0 Å². The number of carbonyl (C=O) groups excluding carboxylic acids is 6. The van der Waals surface area contributed by atoms with Gasteiger partial charge in [-0.1, -0.05) is 37.4 Å². The van der Waals surface area contributed by atoms with Gasteiger partial charge in [0.25, 0.3) is 0 Å². The summed E-state index contributed by atoms with van der Waals surface area (Å²) < 4.78 is 31.3. The minimum atomic E-state index is -0.762. The highest BCUT2D eigenvalue weighted by Gasteiger charge is 2.16. The quantitative estimate of drug-likeness (QED) is 0.0514. The van der Waals surface area contributed by atoms with Gasteiger partial charge in [-0.25, -0.2) is 24.0 Å². The Morgan fingerprint density at radius 3 is 1.62 bits per heavy atom. The lowest BCUT2D eigenvalue weighted by Gasteiger charge is -2.11. The summed E-state index contributed by atoms with van der Waals surface area (Å²) in [5, 5.41) is 2.82. The Kier molecular flexibility index (Phi) is 12.1. The summed E-state index contributed by atoms with van der Waals surface area (Å²) in [5.41, 5.74) is 1.12. The van der Waals surface area contributed by atoms with Crippen molar-refractivity contribution in [1.82, 2.24) is 0 Å². The zero-order valence-corrected chi connectivity index (χ0v) is 28.5. The molecular weight excluding hydrogens is 684 g/mol. The molecule has 0 unspecified atom stereocenters. The molecule has 0 bridgehead atoms. The Bertz CT molecular complexity index is 2270. The van der Waals surface area contributed by atoms with Crippen molar-refractivity contribution in [2.75, 3.05) is 13.2 Å². The van der Waals surface area contributed by atoms with Crippen molar-refractivity contribution in [1.29, 1.82) is 0 Å². The summed E-state index contributed by atoms with van der Waals surface area (Å²) in [6, 6.07) is 24.3.